The molecule has 0 saturated heterocycles. The summed E-state index contributed by atoms with van der Waals surface area (Å²) >= 11 is 5.87. The lowest BCUT2D eigenvalue weighted by atomic mass is 9.99. The number of nitrogens with zero attached hydrogens (tertiary/aromatic N) is 4. The predicted molar refractivity (Wildman–Crippen MR) is 141 cm³/mol. The van der Waals surface area contributed by atoms with Crippen LogP contribution < -0.4 is 5.32 Å². The van der Waals surface area contributed by atoms with Gasteiger partial charge < -0.3 is 10.2 Å². The van der Waals surface area contributed by atoms with Crippen LogP contribution in [0.5, 0.6) is 0 Å². The molecule has 7 heteroatoms. The Labute approximate surface area is 205 Å². The van der Waals surface area contributed by atoms with Crippen molar-refractivity contribution in [3.05, 3.63) is 107 Å². The van der Waals surface area contributed by atoms with E-state index in [1.807, 2.05) is 61.5 Å². The number of pyridine rings is 1. The Morgan fingerprint density at radius 3 is 2.79 bits per heavy atom. The van der Waals surface area contributed by atoms with Crippen LogP contribution in [0.25, 0.3) is 0 Å². The Bertz CT molecular complexity index is 1200. The highest BCUT2D eigenvalue weighted by Gasteiger charge is 2.21. The Hall–Kier alpha value is -3.51. The van der Waals surface area contributed by atoms with Gasteiger partial charge in [0.15, 0.2) is 0 Å². The van der Waals surface area contributed by atoms with Crippen molar-refractivity contribution in [2.45, 2.75) is 33.2 Å². The van der Waals surface area contributed by atoms with Gasteiger partial charge in [0.2, 0.25) is 0 Å². The maximum atomic E-state index is 14.1. The van der Waals surface area contributed by atoms with Crippen LogP contribution in [0.1, 0.15) is 36.2 Å². The predicted octanol–water partition coefficient (Wildman–Crippen LogP) is 6.94. The van der Waals surface area contributed by atoms with Gasteiger partial charge in [-0.25, -0.2) is 4.39 Å². The molecule has 0 aliphatic carbocycles. The highest BCUT2D eigenvalue weighted by atomic mass is 35.5. The van der Waals surface area contributed by atoms with Gasteiger partial charge in [0.25, 0.3) is 0 Å². The zero-order chi connectivity index (χ0) is 24.7. The van der Waals surface area contributed by atoms with Crippen LogP contribution in [0.3, 0.4) is 0 Å². The summed E-state index contributed by atoms with van der Waals surface area (Å²) in [5.74, 6) is -0.427. The molecule has 5 nitrogen and oxygen atoms in total. The van der Waals surface area contributed by atoms with Gasteiger partial charge in [0, 0.05) is 41.2 Å². The molecule has 0 radical (unpaired) electrons. The summed E-state index contributed by atoms with van der Waals surface area (Å²) < 4.78 is 14.1. The van der Waals surface area contributed by atoms with Gasteiger partial charge in [-0.2, -0.15) is 0 Å². The van der Waals surface area contributed by atoms with E-state index in [9.17, 15) is 4.39 Å². The molecule has 0 saturated carbocycles. The minimum absolute atomic E-state index is 0.0707. The number of aromatic nitrogens is 1. The van der Waals surface area contributed by atoms with E-state index in [0.29, 0.717) is 6.67 Å². The number of rotatable bonds is 9. The van der Waals surface area contributed by atoms with E-state index in [1.54, 1.807) is 12.3 Å². The van der Waals surface area contributed by atoms with Crippen molar-refractivity contribution in [2.24, 2.45) is 9.98 Å². The molecule has 2 heterocycles. The van der Waals surface area contributed by atoms with E-state index >= 15 is 0 Å². The smallest absolute Gasteiger partial charge is 0.142 e. The zero-order valence-electron chi connectivity index (χ0n) is 19.7. The maximum Gasteiger partial charge on any atom is 0.142 e. The summed E-state index contributed by atoms with van der Waals surface area (Å²) in [5, 5.41) is 3.45. The molecule has 1 aliphatic rings. The zero-order valence-corrected chi connectivity index (χ0v) is 20.5. The second-order valence-electron chi connectivity index (χ2n) is 7.93. The topological polar surface area (TPSA) is 52.9 Å². The fourth-order valence-electron chi connectivity index (χ4n) is 3.73. The number of nitrogens with one attached hydrogen (secondary N) is 1. The van der Waals surface area contributed by atoms with Gasteiger partial charge in [0.05, 0.1) is 16.8 Å². The monoisotopic (exact) mass is 477 g/mol. The third-order valence-electron chi connectivity index (χ3n) is 5.51. The number of benzene rings is 1. The van der Waals surface area contributed by atoms with Gasteiger partial charge in [-0.05, 0) is 74.5 Å². The first-order valence-electron chi connectivity index (χ1n) is 11.0. The first kappa shape index (κ1) is 25.1. The molecule has 1 unspecified atom stereocenters. The molecule has 176 valence electrons. The van der Waals surface area contributed by atoms with Crippen molar-refractivity contribution in [1.82, 2.24) is 9.88 Å². The number of hydrogen-bond acceptors (Lipinski definition) is 5. The Balaban J connectivity index is 1.81. The van der Waals surface area contributed by atoms with Crippen LogP contribution in [0.2, 0.25) is 5.02 Å². The molecular weight excluding hydrogens is 449 g/mol. The lowest BCUT2D eigenvalue weighted by Gasteiger charge is -2.33. The number of anilines is 1. The number of allylic oxidation sites excluding steroid dienone is 4. The van der Waals surface area contributed by atoms with E-state index < -0.39 is 5.82 Å². The summed E-state index contributed by atoms with van der Waals surface area (Å²) in [5.41, 5.74) is 6.23. The molecule has 0 spiro atoms. The number of aryl methyl sites for hydroxylation is 2. The largest absolute Gasteiger partial charge is 0.366 e. The highest BCUT2D eigenvalue weighted by molar-refractivity contribution is 6.30. The van der Waals surface area contributed by atoms with Crippen LogP contribution in [0.4, 0.5) is 10.1 Å². The maximum absolute atomic E-state index is 14.1. The van der Waals surface area contributed by atoms with Crippen molar-refractivity contribution in [3.63, 3.8) is 0 Å². The molecule has 2 aromatic rings. The van der Waals surface area contributed by atoms with Gasteiger partial charge in [-0.1, -0.05) is 31.2 Å². The van der Waals surface area contributed by atoms with E-state index in [-0.39, 0.29) is 11.1 Å². The molecule has 1 N–H and O–H groups in total. The molecule has 1 aromatic carbocycles. The van der Waals surface area contributed by atoms with Crippen LogP contribution in [-0.2, 0) is 0 Å². The summed E-state index contributed by atoms with van der Waals surface area (Å²) in [6.07, 6.45) is 11.9. The van der Waals surface area contributed by atoms with Crippen LogP contribution in [0.15, 0.2) is 88.9 Å². The van der Waals surface area contributed by atoms with E-state index in [0.717, 1.165) is 45.9 Å². The molecular formula is C27H29ClFN5. The van der Waals surface area contributed by atoms with Gasteiger partial charge in [0.1, 0.15) is 12.5 Å². The average molecular weight is 478 g/mol. The Morgan fingerprint density at radius 1 is 1.32 bits per heavy atom. The minimum atomic E-state index is -0.427. The normalized spacial score (nSPS) is 15.0. The molecule has 1 aliphatic heterocycles. The van der Waals surface area contributed by atoms with Gasteiger partial charge in [-0.15, -0.1) is 0 Å². The Kier molecular flexibility index (Phi) is 8.55. The van der Waals surface area contributed by atoms with Crippen molar-refractivity contribution in [1.29, 1.82) is 0 Å². The molecule has 1 aromatic heterocycles. The molecule has 3 rings (SSSR count). The van der Waals surface area contributed by atoms with Crippen LogP contribution >= 0.6 is 11.6 Å². The third-order valence-corrected chi connectivity index (χ3v) is 5.82. The van der Waals surface area contributed by atoms with E-state index in [2.05, 4.69) is 35.5 Å². The summed E-state index contributed by atoms with van der Waals surface area (Å²) in [7, 11) is 0. The van der Waals surface area contributed by atoms with E-state index in [1.165, 1.54) is 6.07 Å². The second kappa shape index (κ2) is 11.6. The Morgan fingerprint density at radius 2 is 2.12 bits per heavy atom. The quantitative estimate of drug-likeness (QED) is 0.398. The van der Waals surface area contributed by atoms with Crippen molar-refractivity contribution >= 4 is 29.7 Å². The lowest BCUT2D eigenvalue weighted by Crippen LogP contribution is -2.24. The first-order valence-corrected chi connectivity index (χ1v) is 11.4. The second-order valence-corrected chi connectivity index (χ2v) is 8.34. The van der Waals surface area contributed by atoms with Crippen molar-refractivity contribution in [3.8, 4) is 0 Å². The third kappa shape index (κ3) is 6.08. The van der Waals surface area contributed by atoms with Crippen LogP contribution in [0, 0.1) is 19.7 Å². The SMILES string of the molecule is C=N/C=C\C(=N/CNc1cc(C)ncc1C)C1=CC(=C)N(C(CC)c2ccc(Cl)c(F)c2)C=C1. The lowest BCUT2D eigenvalue weighted by molar-refractivity contribution is 0.343. The molecule has 0 fully saturated rings. The average Bonchev–Trinajstić information content (AvgIpc) is 2.82. The standard InChI is InChI=1S/C27H29ClFN5/c1-6-27(22-7-8-23(28)24(29)15-22)34-12-10-21(14-20(34)4)25(9-11-30-5)32-17-33-26-13-19(3)31-16-18(26)2/h7-16,27H,4-6,17H2,1-3H3,(H,31,33)/b11-9-,32-25+. The molecule has 1 atom stereocenters. The van der Waals surface area contributed by atoms with Crippen molar-refractivity contribution in [2.75, 3.05) is 12.0 Å². The molecule has 34 heavy (non-hydrogen) atoms. The number of halogens is 2. The van der Waals surface area contributed by atoms with Gasteiger partial charge in [-0.3, -0.25) is 15.0 Å². The van der Waals surface area contributed by atoms with Crippen LogP contribution in [-0.4, -0.2) is 29.0 Å². The number of aliphatic imine (C=N–C) groups is 2. The molecule has 0 amide bonds. The number of hydrogen-bond donors (Lipinski definition) is 1. The summed E-state index contributed by atoms with van der Waals surface area (Å²) in [6, 6.07) is 6.84. The van der Waals surface area contributed by atoms with E-state index in [4.69, 9.17) is 16.6 Å². The van der Waals surface area contributed by atoms with Crippen molar-refractivity contribution < 1.29 is 4.39 Å². The summed E-state index contributed by atoms with van der Waals surface area (Å²) in [6.45, 7) is 14.1. The summed E-state index contributed by atoms with van der Waals surface area (Å²) in [4.78, 5) is 14.9. The highest BCUT2D eigenvalue weighted by Crippen LogP contribution is 2.32. The fraction of sp³-hybridized carbons (Fsp3) is 0.222. The fourth-order valence-corrected chi connectivity index (χ4v) is 3.84. The minimum Gasteiger partial charge on any atom is -0.366 e. The molecule has 0 bridgehead atoms. The first-order chi connectivity index (χ1) is 16.3. The van der Waals surface area contributed by atoms with Gasteiger partial charge >= 0.3 is 0 Å².